The van der Waals surface area contributed by atoms with E-state index < -0.39 is 0 Å². The van der Waals surface area contributed by atoms with Gasteiger partial charge in [-0.25, -0.2) is 0 Å². The Morgan fingerprint density at radius 1 is 1.22 bits per heavy atom. The number of amides is 1. The van der Waals surface area contributed by atoms with Gasteiger partial charge in [0.25, 0.3) is 5.91 Å². The molecule has 1 atom stereocenters. The van der Waals surface area contributed by atoms with Crippen molar-refractivity contribution in [1.29, 1.82) is 0 Å². The Hall–Kier alpha value is -0.930. The lowest BCUT2D eigenvalue weighted by molar-refractivity contribution is -0.0381. The molecule has 154 valence electrons. The van der Waals surface area contributed by atoms with E-state index in [1.54, 1.807) is 6.20 Å². The number of halogens is 2. The van der Waals surface area contributed by atoms with Gasteiger partial charge in [-0.2, -0.15) is 0 Å². The summed E-state index contributed by atoms with van der Waals surface area (Å²) in [4.78, 5) is 16.9. The topological polar surface area (TPSA) is 86.5 Å². The largest absolute Gasteiger partial charge is 0.390 e. The molecule has 8 nitrogen and oxygen atoms in total. The van der Waals surface area contributed by atoms with E-state index >= 15 is 0 Å². The number of aromatic nitrogens is 3. The number of rotatable bonds is 4. The third-order valence-corrected chi connectivity index (χ3v) is 5.76. The number of nitrogens with one attached hydrogen (secondary N) is 1. The number of aliphatic hydroxyl groups excluding tert-OH is 1. The molecule has 10 heteroatoms. The summed E-state index contributed by atoms with van der Waals surface area (Å²) in [7, 11) is 0. The Bertz CT molecular complexity index is 596. The van der Waals surface area contributed by atoms with Gasteiger partial charge in [-0.15, -0.1) is 29.9 Å². The average molecular weight is 421 g/mol. The summed E-state index contributed by atoms with van der Waals surface area (Å²) in [6, 6.07) is 0.502. The first kappa shape index (κ1) is 22.4. The zero-order valence-corrected chi connectivity index (χ0v) is 17.1. The molecule has 1 aromatic heterocycles. The molecule has 1 aromatic rings. The molecule has 0 spiro atoms. The predicted molar refractivity (Wildman–Crippen MR) is 107 cm³/mol. The van der Waals surface area contributed by atoms with Gasteiger partial charge in [-0.3, -0.25) is 14.4 Å². The number of piperidine rings is 2. The predicted octanol–water partition coefficient (Wildman–Crippen LogP) is 0.402. The van der Waals surface area contributed by atoms with Gasteiger partial charge in [0.05, 0.1) is 12.3 Å². The van der Waals surface area contributed by atoms with Crippen LogP contribution < -0.4 is 5.32 Å². The lowest BCUT2D eigenvalue weighted by atomic mass is 9.98. The van der Waals surface area contributed by atoms with Crippen LogP contribution >= 0.6 is 24.8 Å². The summed E-state index contributed by atoms with van der Waals surface area (Å²) < 4.78 is 1.82. The second-order valence-corrected chi connectivity index (χ2v) is 7.67. The lowest BCUT2D eigenvalue weighted by Crippen LogP contribution is -2.58. The summed E-state index contributed by atoms with van der Waals surface area (Å²) in [5, 5.41) is 21.1. The third kappa shape index (κ3) is 5.32. The molecule has 0 bridgehead atoms. The molecular weight excluding hydrogens is 391 g/mol. The molecule has 4 rings (SSSR count). The zero-order chi connectivity index (χ0) is 17.2. The molecule has 3 saturated heterocycles. The molecule has 0 aromatic carbocycles. The smallest absolute Gasteiger partial charge is 0.276 e. The van der Waals surface area contributed by atoms with E-state index in [4.69, 9.17) is 0 Å². The Labute approximate surface area is 172 Å². The van der Waals surface area contributed by atoms with Crippen LogP contribution in [0.3, 0.4) is 0 Å². The van der Waals surface area contributed by atoms with Crippen LogP contribution in [-0.2, 0) is 6.54 Å². The highest BCUT2D eigenvalue weighted by Gasteiger charge is 2.34. The first-order valence-corrected chi connectivity index (χ1v) is 9.51. The van der Waals surface area contributed by atoms with Crippen molar-refractivity contribution in [3.05, 3.63) is 11.9 Å². The van der Waals surface area contributed by atoms with Crippen molar-refractivity contribution in [2.24, 2.45) is 5.92 Å². The minimum Gasteiger partial charge on any atom is -0.390 e. The molecule has 2 N–H and O–H groups in total. The number of β-amino-alcohol motifs (C(OH)–C–C–N with tert-alkyl or cyclic N) is 1. The van der Waals surface area contributed by atoms with Crippen LogP contribution in [0.2, 0.25) is 0 Å². The van der Waals surface area contributed by atoms with Crippen LogP contribution in [0.15, 0.2) is 6.20 Å². The zero-order valence-electron chi connectivity index (χ0n) is 15.5. The fourth-order valence-corrected chi connectivity index (χ4v) is 4.21. The summed E-state index contributed by atoms with van der Waals surface area (Å²) in [6.45, 7) is 6.02. The minimum atomic E-state index is -0.158. The van der Waals surface area contributed by atoms with Crippen LogP contribution in [-0.4, -0.2) is 87.2 Å². The number of carbonyl (C=O) groups is 1. The SMILES string of the molecule is Cl.Cl.O=C(c1cn(CC2CCCNC2)nn1)N1CCC(N2CC(O)C2)CC1. The van der Waals surface area contributed by atoms with Crippen LogP contribution in [0.5, 0.6) is 0 Å². The second kappa shape index (κ2) is 10.0. The van der Waals surface area contributed by atoms with Crippen LogP contribution in [0.25, 0.3) is 0 Å². The highest BCUT2D eigenvalue weighted by molar-refractivity contribution is 5.92. The molecule has 0 saturated carbocycles. The van der Waals surface area contributed by atoms with Gasteiger partial charge >= 0.3 is 0 Å². The molecular formula is C17H30Cl2N6O2. The Morgan fingerprint density at radius 2 is 1.96 bits per heavy atom. The van der Waals surface area contributed by atoms with Crippen molar-refractivity contribution in [3.63, 3.8) is 0 Å². The Morgan fingerprint density at radius 3 is 2.59 bits per heavy atom. The average Bonchev–Trinajstić information content (AvgIpc) is 3.08. The van der Waals surface area contributed by atoms with E-state index in [0.717, 1.165) is 58.7 Å². The van der Waals surface area contributed by atoms with E-state index in [0.29, 0.717) is 17.7 Å². The maximum absolute atomic E-state index is 12.7. The van der Waals surface area contributed by atoms with Crippen molar-refractivity contribution >= 4 is 30.7 Å². The van der Waals surface area contributed by atoms with Gasteiger partial charge in [-0.05, 0) is 44.7 Å². The molecule has 1 amide bonds. The van der Waals surface area contributed by atoms with Crippen molar-refractivity contribution in [2.75, 3.05) is 39.3 Å². The standard InChI is InChI=1S/C17H28N6O2.2ClH/c24-15-10-22(11-15)14-3-6-21(7-4-14)17(25)16-12-23(20-19-16)9-13-2-1-5-18-8-13;;/h12-15,18,24H,1-11H2;2*1H. The van der Waals surface area contributed by atoms with Gasteiger partial charge in [0.15, 0.2) is 5.69 Å². The molecule has 4 heterocycles. The van der Waals surface area contributed by atoms with Gasteiger partial charge < -0.3 is 15.3 Å². The molecule has 3 fully saturated rings. The highest BCUT2D eigenvalue weighted by atomic mass is 35.5. The van der Waals surface area contributed by atoms with Crippen molar-refractivity contribution < 1.29 is 9.90 Å². The van der Waals surface area contributed by atoms with Gasteiger partial charge in [-0.1, -0.05) is 5.21 Å². The van der Waals surface area contributed by atoms with Crippen LogP contribution in [0.4, 0.5) is 0 Å². The van der Waals surface area contributed by atoms with Gasteiger partial charge in [0, 0.05) is 38.8 Å². The first-order chi connectivity index (χ1) is 12.2. The number of hydrogen-bond donors (Lipinski definition) is 2. The molecule has 1 unspecified atom stereocenters. The van der Waals surface area contributed by atoms with E-state index in [1.165, 1.54) is 12.8 Å². The molecule has 3 aliphatic heterocycles. The maximum atomic E-state index is 12.7. The van der Waals surface area contributed by atoms with Crippen LogP contribution in [0, 0.1) is 5.92 Å². The first-order valence-electron chi connectivity index (χ1n) is 9.51. The van der Waals surface area contributed by atoms with E-state index in [-0.39, 0.29) is 36.8 Å². The number of carbonyl (C=O) groups excluding carboxylic acids is 1. The number of nitrogens with zero attached hydrogens (tertiary/aromatic N) is 5. The lowest BCUT2D eigenvalue weighted by Gasteiger charge is -2.45. The monoisotopic (exact) mass is 420 g/mol. The fraction of sp³-hybridized carbons (Fsp3) is 0.824. The molecule has 0 aliphatic carbocycles. The summed E-state index contributed by atoms with van der Waals surface area (Å²) in [6.07, 6.45) is 5.99. The van der Waals surface area contributed by atoms with Crippen molar-refractivity contribution in [1.82, 2.24) is 30.1 Å². The summed E-state index contributed by atoms with van der Waals surface area (Å²) >= 11 is 0. The third-order valence-electron chi connectivity index (χ3n) is 5.76. The summed E-state index contributed by atoms with van der Waals surface area (Å²) in [5.74, 6) is 0.566. The molecule has 3 aliphatic rings. The number of aliphatic hydroxyl groups is 1. The highest BCUT2D eigenvalue weighted by Crippen LogP contribution is 2.22. The minimum absolute atomic E-state index is 0. The summed E-state index contributed by atoms with van der Waals surface area (Å²) in [5.41, 5.74) is 0.460. The van der Waals surface area contributed by atoms with Crippen LogP contribution in [0.1, 0.15) is 36.2 Å². The Kier molecular flexibility index (Phi) is 8.30. The van der Waals surface area contributed by atoms with Crippen molar-refractivity contribution in [2.45, 2.75) is 44.4 Å². The Balaban J connectivity index is 0.00000131. The van der Waals surface area contributed by atoms with E-state index in [2.05, 4.69) is 20.5 Å². The quantitative estimate of drug-likeness (QED) is 0.732. The second-order valence-electron chi connectivity index (χ2n) is 7.67. The molecule has 27 heavy (non-hydrogen) atoms. The fourth-order valence-electron chi connectivity index (χ4n) is 4.21. The normalized spacial score (nSPS) is 24.6. The van der Waals surface area contributed by atoms with E-state index in [9.17, 15) is 9.90 Å². The van der Waals surface area contributed by atoms with Crippen molar-refractivity contribution in [3.8, 4) is 0 Å². The molecule has 0 radical (unpaired) electrons. The number of hydrogen-bond acceptors (Lipinski definition) is 6. The van der Waals surface area contributed by atoms with Gasteiger partial charge in [0.1, 0.15) is 0 Å². The van der Waals surface area contributed by atoms with Gasteiger partial charge in [0.2, 0.25) is 0 Å². The number of likely N-dealkylation sites (tertiary alicyclic amines) is 2. The maximum Gasteiger partial charge on any atom is 0.276 e. The van der Waals surface area contributed by atoms with E-state index in [1.807, 2.05) is 9.58 Å².